The largest absolute Gasteiger partial charge is 0.368 e. The van der Waals surface area contributed by atoms with Crippen molar-refractivity contribution < 1.29 is 0 Å². The molecule has 146 valence electrons. The summed E-state index contributed by atoms with van der Waals surface area (Å²) in [5, 5.41) is 8.08. The minimum absolute atomic E-state index is 0.0503. The van der Waals surface area contributed by atoms with E-state index < -0.39 is 0 Å². The number of nitrogens with one attached hydrogen (secondary N) is 1. The first kappa shape index (κ1) is 19.3. The minimum Gasteiger partial charge on any atom is -0.368 e. The Morgan fingerprint density at radius 1 is 1.19 bits per heavy atom. The van der Waals surface area contributed by atoms with E-state index in [0.29, 0.717) is 12.0 Å². The van der Waals surface area contributed by atoms with Crippen LogP contribution in [-0.4, -0.2) is 38.9 Å². The normalized spacial score (nSPS) is 17.6. The van der Waals surface area contributed by atoms with Gasteiger partial charge >= 0.3 is 0 Å². The van der Waals surface area contributed by atoms with Crippen LogP contribution in [0.15, 0.2) is 29.2 Å². The molecule has 1 fully saturated rings. The summed E-state index contributed by atoms with van der Waals surface area (Å²) in [6.07, 6.45) is 5.25. The number of piperidine rings is 1. The molecule has 7 nitrogen and oxygen atoms in total. The van der Waals surface area contributed by atoms with Crippen LogP contribution in [0.1, 0.15) is 64.7 Å². The number of anilines is 2. The quantitative estimate of drug-likeness (QED) is 0.841. The van der Waals surface area contributed by atoms with E-state index in [-0.39, 0.29) is 11.6 Å². The predicted octanol–water partition coefficient (Wildman–Crippen LogP) is 3.21. The Kier molecular flexibility index (Phi) is 6.08. The molecule has 0 spiro atoms. The lowest BCUT2D eigenvalue weighted by Crippen LogP contribution is -2.45. The second-order valence-electron chi connectivity index (χ2n) is 7.75. The molecule has 1 saturated heterocycles. The van der Waals surface area contributed by atoms with Crippen molar-refractivity contribution in [2.45, 2.75) is 65.0 Å². The Morgan fingerprint density at radius 2 is 2.00 bits per heavy atom. The molecular formula is C20H30N6O. The van der Waals surface area contributed by atoms with Gasteiger partial charge in [-0.2, -0.15) is 5.10 Å². The van der Waals surface area contributed by atoms with Crippen molar-refractivity contribution in [3.05, 3.63) is 40.6 Å². The monoisotopic (exact) mass is 370 g/mol. The number of hydrogen-bond acceptors (Lipinski definition) is 6. The van der Waals surface area contributed by atoms with Gasteiger partial charge in [0.15, 0.2) is 0 Å². The number of nitrogens with zero attached hydrogens (tertiary/aromatic N) is 5. The molecule has 1 unspecified atom stereocenters. The Morgan fingerprint density at radius 3 is 2.74 bits per heavy atom. The molecule has 3 heterocycles. The van der Waals surface area contributed by atoms with Crippen LogP contribution >= 0.6 is 0 Å². The third kappa shape index (κ3) is 4.64. The topological polar surface area (TPSA) is 75.9 Å². The van der Waals surface area contributed by atoms with Crippen molar-refractivity contribution in [2.24, 2.45) is 0 Å². The molecule has 27 heavy (non-hydrogen) atoms. The van der Waals surface area contributed by atoms with Crippen LogP contribution in [0, 0.1) is 0 Å². The van der Waals surface area contributed by atoms with Gasteiger partial charge in [0.2, 0.25) is 0 Å². The molecule has 0 bridgehead atoms. The summed E-state index contributed by atoms with van der Waals surface area (Å²) < 4.78 is 1.56. The number of aromatic nitrogens is 4. The van der Waals surface area contributed by atoms with Gasteiger partial charge < -0.3 is 10.2 Å². The summed E-state index contributed by atoms with van der Waals surface area (Å²) in [5.74, 6) is 2.89. The predicted molar refractivity (Wildman–Crippen MR) is 108 cm³/mol. The Balaban J connectivity index is 1.75. The molecule has 0 amide bonds. The lowest BCUT2D eigenvalue weighted by Gasteiger charge is -2.37. The molecule has 1 aliphatic rings. The first-order chi connectivity index (χ1) is 13.0. The molecule has 0 saturated carbocycles. The van der Waals surface area contributed by atoms with Crippen molar-refractivity contribution >= 4 is 11.6 Å². The van der Waals surface area contributed by atoms with Gasteiger partial charge in [0, 0.05) is 37.3 Å². The van der Waals surface area contributed by atoms with Crippen molar-refractivity contribution in [3.8, 4) is 0 Å². The molecule has 1 N–H and O–H groups in total. The average Bonchev–Trinajstić information content (AvgIpc) is 2.67. The standard InChI is InChI=1S/C20H30N6O/c1-14(2)20-21-11-10-17(23-20)22-13-16-7-5-6-12-25(16)18-8-9-19(27)26(24-18)15(3)4/h8-11,14-16H,5-7,12-13H2,1-4H3,(H,21,22,23). The van der Waals surface area contributed by atoms with Crippen molar-refractivity contribution in [2.75, 3.05) is 23.3 Å². The van der Waals surface area contributed by atoms with Gasteiger partial charge in [-0.05, 0) is 45.2 Å². The van der Waals surface area contributed by atoms with E-state index in [9.17, 15) is 4.79 Å². The highest BCUT2D eigenvalue weighted by Crippen LogP contribution is 2.23. The van der Waals surface area contributed by atoms with Gasteiger partial charge in [-0.15, -0.1) is 0 Å². The summed E-state index contributed by atoms with van der Waals surface area (Å²) in [5.41, 5.74) is -0.0531. The highest BCUT2D eigenvalue weighted by atomic mass is 16.1. The second-order valence-corrected chi connectivity index (χ2v) is 7.75. The first-order valence-corrected chi connectivity index (χ1v) is 9.89. The van der Waals surface area contributed by atoms with Crippen LogP contribution in [0.2, 0.25) is 0 Å². The maximum Gasteiger partial charge on any atom is 0.267 e. The fourth-order valence-electron chi connectivity index (χ4n) is 3.43. The first-order valence-electron chi connectivity index (χ1n) is 9.89. The molecule has 1 atom stereocenters. The zero-order valence-electron chi connectivity index (χ0n) is 16.7. The summed E-state index contributed by atoms with van der Waals surface area (Å²) in [7, 11) is 0. The molecule has 0 aliphatic carbocycles. The fraction of sp³-hybridized carbons (Fsp3) is 0.600. The van der Waals surface area contributed by atoms with Crippen LogP contribution in [0.4, 0.5) is 11.6 Å². The zero-order valence-corrected chi connectivity index (χ0v) is 16.7. The maximum absolute atomic E-state index is 12.0. The number of hydrogen-bond donors (Lipinski definition) is 1. The Bertz CT molecular complexity index is 816. The lowest BCUT2D eigenvalue weighted by molar-refractivity contribution is 0.451. The van der Waals surface area contributed by atoms with Crippen LogP contribution < -0.4 is 15.8 Å². The van der Waals surface area contributed by atoms with Gasteiger partial charge in [0.25, 0.3) is 5.56 Å². The van der Waals surface area contributed by atoms with E-state index in [1.807, 2.05) is 32.2 Å². The third-order valence-corrected chi connectivity index (χ3v) is 4.93. The highest BCUT2D eigenvalue weighted by molar-refractivity contribution is 5.41. The second kappa shape index (κ2) is 8.50. The Hall–Kier alpha value is -2.44. The van der Waals surface area contributed by atoms with Crippen LogP contribution in [0.5, 0.6) is 0 Å². The fourth-order valence-corrected chi connectivity index (χ4v) is 3.43. The Labute approximate surface area is 160 Å². The lowest BCUT2D eigenvalue weighted by atomic mass is 10.0. The van der Waals surface area contributed by atoms with E-state index in [2.05, 4.69) is 39.1 Å². The van der Waals surface area contributed by atoms with Crippen molar-refractivity contribution in [1.82, 2.24) is 19.7 Å². The molecule has 0 radical (unpaired) electrons. The maximum atomic E-state index is 12.0. The highest BCUT2D eigenvalue weighted by Gasteiger charge is 2.24. The molecule has 3 rings (SSSR count). The molecule has 1 aliphatic heterocycles. The zero-order chi connectivity index (χ0) is 19.4. The van der Waals surface area contributed by atoms with Crippen molar-refractivity contribution in [1.29, 1.82) is 0 Å². The van der Waals surface area contributed by atoms with Gasteiger partial charge in [0.1, 0.15) is 17.5 Å². The molecular weight excluding hydrogens is 340 g/mol. The smallest absolute Gasteiger partial charge is 0.267 e. The van der Waals surface area contributed by atoms with E-state index >= 15 is 0 Å². The molecule has 0 aromatic carbocycles. The summed E-state index contributed by atoms with van der Waals surface area (Å²) in [6, 6.07) is 5.76. The minimum atomic E-state index is -0.0531. The molecule has 2 aromatic heterocycles. The van der Waals surface area contributed by atoms with Gasteiger partial charge in [-0.1, -0.05) is 13.8 Å². The summed E-state index contributed by atoms with van der Waals surface area (Å²) in [6.45, 7) is 9.89. The average molecular weight is 371 g/mol. The third-order valence-electron chi connectivity index (χ3n) is 4.93. The van der Waals surface area contributed by atoms with E-state index in [0.717, 1.165) is 43.4 Å². The van der Waals surface area contributed by atoms with E-state index in [1.165, 1.54) is 6.42 Å². The van der Waals surface area contributed by atoms with Crippen LogP contribution in [0.25, 0.3) is 0 Å². The van der Waals surface area contributed by atoms with E-state index in [4.69, 9.17) is 0 Å². The van der Waals surface area contributed by atoms with Gasteiger partial charge in [0.05, 0.1) is 6.04 Å². The van der Waals surface area contributed by atoms with Gasteiger partial charge in [-0.25, -0.2) is 14.6 Å². The van der Waals surface area contributed by atoms with Crippen molar-refractivity contribution in [3.63, 3.8) is 0 Å². The van der Waals surface area contributed by atoms with Gasteiger partial charge in [-0.3, -0.25) is 4.79 Å². The molecule has 2 aromatic rings. The van der Waals surface area contributed by atoms with Crippen LogP contribution in [-0.2, 0) is 0 Å². The number of rotatable bonds is 6. The SMILES string of the molecule is CC(C)c1nccc(NCC2CCCCN2c2ccc(=O)n(C(C)C)n2)n1. The summed E-state index contributed by atoms with van der Waals surface area (Å²) in [4.78, 5) is 23.3. The molecule has 7 heteroatoms. The van der Waals surface area contributed by atoms with Crippen LogP contribution in [0.3, 0.4) is 0 Å². The summed E-state index contributed by atoms with van der Waals surface area (Å²) >= 11 is 0. The van der Waals surface area contributed by atoms with E-state index in [1.54, 1.807) is 10.7 Å².